The molecule has 184 valence electrons. The molecule has 3 amide bonds. The molecule has 1 aliphatic heterocycles. The molecule has 0 aliphatic carbocycles. The van der Waals surface area contributed by atoms with E-state index in [0.717, 1.165) is 35.9 Å². The molecule has 2 N–H and O–H groups in total. The van der Waals surface area contributed by atoms with Crippen LogP contribution in [0.15, 0.2) is 78.9 Å². The minimum absolute atomic E-state index is 0.144. The molecule has 6 heteroatoms. The number of nitrogens with zero attached hydrogens (tertiary/aromatic N) is 3. The van der Waals surface area contributed by atoms with Crippen molar-refractivity contribution in [2.45, 2.75) is 38.5 Å². The number of urea groups is 1. The number of benzene rings is 3. The van der Waals surface area contributed by atoms with Gasteiger partial charge in [-0.25, -0.2) is 9.69 Å². The van der Waals surface area contributed by atoms with Crippen molar-refractivity contribution in [3.8, 4) is 6.07 Å². The number of hydrogen-bond donors (Lipinski definition) is 1. The molecule has 1 aliphatic rings. The van der Waals surface area contributed by atoms with Crippen molar-refractivity contribution in [1.82, 2.24) is 0 Å². The van der Waals surface area contributed by atoms with Crippen molar-refractivity contribution >= 4 is 23.3 Å². The molecule has 1 saturated heterocycles. The zero-order valence-corrected chi connectivity index (χ0v) is 20.5. The van der Waals surface area contributed by atoms with E-state index in [9.17, 15) is 9.59 Å². The van der Waals surface area contributed by atoms with E-state index in [1.54, 1.807) is 18.2 Å². The summed E-state index contributed by atoms with van der Waals surface area (Å²) >= 11 is 0. The first-order valence-corrected chi connectivity index (χ1v) is 12.5. The minimum Gasteiger partial charge on any atom is -0.372 e. The third kappa shape index (κ3) is 6.51. The second kappa shape index (κ2) is 12.0. The Balaban J connectivity index is 1.31. The largest absolute Gasteiger partial charge is 0.372 e. The lowest BCUT2D eigenvalue weighted by molar-refractivity contribution is -0.117. The Kier molecular flexibility index (Phi) is 8.36. The first-order valence-electron chi connectivity index (χ1n) is 12.5. The molecule has 1 heterocycles. The summed E-state index contributed by atoms with van der Waals surface area (Å²) in [6.45, 7) is 2.07. The van der Waals surface area contributed by atoms with Gasteiger partial charge in [-0.2, -0.15) is 5.26 Å². The van der Waals surface area contributed by atoms with Crippen LogP contribution in [0, 0.1) is 17.2 Å². The van der Waals surface area contributed by atoms with Gasteiger partial charge in [0.2, 0.25) is 5.91 Å². The monoisotopic (exact) mass is 480 g/mol. The molecule has 0 aromatic heterocycles. The second-order valence-electron chi connectivity index (χ2n) is 9.35. The van der Waals surface area contributed by atoms with Crippen LogP contribution in [-0.4, -0.2) is 25.0 Å². The van der Waals surface area contributed by atoms with Crippen molar-refractivity contribution in [3.05, 3.63) is 95.6 Å². The molecule has 0 spiro atoms. The van der Waals surface area contributed by atoms with Gasteiger partial charge in [0, 0.05) is 25.2 Å². The van der Waals surface area contributed by atoms with Crippen LogP contribution in [0.25, 0.3) is 0 Å². The number of imide groups is 1. The molecule has 0 radical (unpaired) electrons. The fraction of sp³-hybridized carbons (Fsp3) is 0.300. The first-order chi connectivity index (χ1) is 17.5. The SMILES string of the molecule is N#Cc1cccc(N(C(N)=O)C(=O)CCc2cccc(N3CCC(CCc4ccccc4)CC3)c2)c1. The highest BCUT2D eigenvalue weighted by molar-refractivity contribution is 6.13. The van der Waals surface area contributed by atoms with Crippen LogP contribution in [0.4, 0.5) is 16.2 Å². The Morgan fingerprint density at radius 2 is 1.64 bits per heavy atom. The average Bonchev–Trinajstić information content (AvgIpc) is 2.92. The van der Waals surface area contributed by atoms with Gasteiger partial charge in [-0.05, 0) is 79.5 Å². The third-order valence-corrected chi connectivity index (χ3v) is 6.91. The van der Waals surface area contributed by atoms with Gasteiger partial charge < -0.3 is 10.6 Å². The number of nitrogens with two attached hydrogens (primary N) is 1. The number of nitriles is 1. The zero-order valence-electron chi connectivity index (χ0n) is 20.5. The van der Waals surface area contributed by atoms with Crippen molar-refractivity contribution in [2.24, 2.45) is 11.7 Å². The molecule has 0 bridgehead atoms. The second-order valence-corrected chi connectivity index (χ2v) is 9.35. The number of primary amides is 1. The summed E-state index contributed by atoms with van der Waals surface area (Å²) in [4.78, 5) is 28.3. The highest BCUT2D eigenvalue weighted by Crippen LogP contribution is 2.27. The molecular weight excluding hydrogens is 448 g/mol. The summed E-state index contributed by atoms with van der Waals surface area (Å²) in [6.07, 6.45) is 5.38. The average molecular weight is 481 g/mol. The molecule has 3 aromatic rings. The maximum atomic E-state index is 12.9. The predicted octanol–water partition coefficient (Wildman–Crippen LogP) is 5.45. The van der Waals surface area contributed by atoms with E-state index in [1.807, 2.05) is 18.2 Å². The summed E-state index contributed by atoms with van der Waals surface area (Å²) in [6, 6.07) is 26.5. The number of piperidine rings is 1. The van der Waals surface area contributed by atoms with E-state index in [4.69, 9.17) is 11.0 Å². The van der Waals surface area contributed by atoms with Gasteiger partial charge in [0.1, 0.15) is 0 Å². The molecule has 0 atom stereocenters. The highest BCUT2D eigenvalue weighted by atomic mass is 16.2. The number of amides is 3. The topological polar surface area (TPSA) is 90.4 Å². The van der Waals surface area contributed by atoms with E-state index >= 15 is 0 Å². The normalized spacial score (nSPS) is 13.7. The smallest absolute Gasteiger partial charge is 0.326 e. The van der Waals surface area contributed by atoms with E-state index in [0.29, 0.717) is 17.7 Å². The van der Waals surface area contributed by atoms with Crippen molar-refractivity contribution < 1.29 is 9.59 Å². The summed E-state index contributed by atoms with van der Waals surface area (Å²) in [7, 11) is 0. The van der Waals surface area contributed by atoms with Crippen LogP contribution in [0.2, 0.25) is 0 Å². The number of anilines is 2. The van der Waals surface area contributed by atoms with Crippen LogP contribution < -0.4 is 15.5 Å². The Labute approximate surface area is 212 Å². The van der Waals surface area contributed by atoms with Gasteiger partial charge in [-0.3, -0.25) is 4.79 Å². The van der Waals surface area contributed by atoms with Crippen LogP contribution in [0.5, 0.6) is 0 Å². The fourth-order valence-electron chi connectivity index (χ4n) is 4.88. The molecular formula is C30H32N4O2. The molecule has 0 unspecified atom stereocenters. The van der Waals surface area contributed by atoms with Crippen LogP contribution in [-0.2, 0) is 17.6 Å². The molecule has 6 nitrogen and oxygen atoms in total. The van der Waals surface area contributed by atoms with Gasteiger partial charge in [-0.1, -0.05) is 48.5 Å². The Bertz CT molecular complexity index is 1230. The highest BCUT2D eigenvalue weighted by Gasteiger charge is 2.22. The number of hydrogen-bond acceptors (Lipinski definition) is 4. The molecule has 0 saturated carbocycles. The Morgan fingerprint density at radius 1 is 0.917 bits per heavy atom. The zero-order chi connectivity index (χ0) is 25.3. The van der Waals surface area contributed by atoms with Gasteiger partial charge in [0.15, 0.2) is 0 Å². The van der Waals surface area contributed by atoms with E-state index in [2.05, 4.69) is 47.4 Å². The van der Waals surface area contributed by atoms with Crippen molar-refractivity contribution in [3.63, 3.8) is 0 Å². The van der Waals surface area contributed by atoms with Crippen LogP contribution >= 0.6 is 0 Å². The molecule has 1 fully saturated rings. The van der Waals surface area contributed by atoms with Gasteiger partial charge in [0.25, 0.3) is 0 Å². The van der Waals surface area contributed by atoms with Gasteiger partial charge in [0.05, 0.1) is 17.3 Å². The van der Waals surface area contributed by atoms with Crippen LogP contribution in [0.3, 0.4) is 0 Å². The maximum absolute atomic E-state index is 12.9. The Hall–Kier alpha value is -4.11. The summed E-state index contributed by atoms with van der Waals surface area (Å²) in [5.41, 5.74) is 9.80. The summed E-state index contributed by atoms with van der Waals surface area (Å²) < 4.78 is 0. The number of carbonyl (C=O) groups is 2. The van der Waals surface area contributed by atoms with Gasteiger partial charge >= 0.3 is 6.03 Å². The molecule has 4 rings (SSSR count). The van der Waals surface area contributed by atoms with E-state index in [-0.39, 0.29) is 12.3 Å². The number of aryl methyl sites for hydroxylation is 2. The standard InChI is InChI=1S/C30H32N4O2/c31-22-26-9-5-11-28(21-26)34(30(32)36)29(35)15-14-25-8-4-10-27(20-25)33-18-16-24(17-19-33)13-12-23-6-2-1-3-7-23/h1-11,20-21,24H,12-19H2,(H2,32,36). The predicted molar refractivity (Wildman–Crippen MR) is 143 cm³/mol. The maximum Gasteiger partial charge on any atom is 0.326 e. The fourth-order valence-corrected chi connectivity index (χ4v) is 4.88. The lowest BCUT2D eigenvalue weighted by atomic mass is 9.90. The van der Waals surface area contributed by atoms with E-state index in [1.165, 1.54) is 36.6 Å². The van der Waals surface area contributed by atoms with Crippen LogP contribution in [0.1, 0.15) is 42.4 Å². The number of carbonyl (C=O) groups excluding carboxylic acids is 2. The van der Waals surface area contributed by atoms with Crippen molar-refractivity contribution in [2.75, 3.05) is 22.9 Å². The lowest BCUT2D eigenvalue weighted by Crippen LogP contribution is -2.41. The van der Waals surface area contributed by atoms with E-state index < -0.39 is 6.03 Å². The molecule has 3 aromatic carbocycles. The third-order valence-electron chi connectivity index (χ3n) is 6.91. The quantitative estimate of drug-likeness (QED) is 0.464. The molecule has 36 heavy (non-hydrogen) atoms. The van der Waals surface area contributed by atoms with Crippen molar-refractivity contribution in [1.29, 1.82) is 5.26 Å². The Morgan fingerprint density at radius 3 is 2.36 bits per heavy atom. The lowest BCUT2D eigenvalue weighted by Gasteiger charge is -2.34. The summed E-state index contributed by atoms with van der Waals surface area (Å²) in [5.74, 6) is 0.365. The minimum atomic E-state index is -0.848. The number of rotatable bonds is 8. The van der Waals surface area contributed by atoms with Gasteiger partial charge in [-0.15, -0.1) is 0 Å². The first kappa shape index (κ1) is 25.0. The summed E-state index contributed by atoms with van der Waals surface area (Å²) in [5, 5.41) is 9.12.